The normalized spacial score (nSPS) is 18.4. The lowest BCUT2D eigenvalue weighted by atomic mass is 10.1. The number of carbonyl (C=O) groups excluding carboxylic acids is 2. The third-order valence-electron chi connectivity index (χ3n) is 5.33. The monoisotopic (exact) mass is 413 g/mol. The van der Waals surface area contributed by atoms with Gasteiger partial charge in [-0.25, -0.2) is 8.42 Å². The highest BCUT2D eigenvalue weighted by atomic mass is 32.2. The van der Waals surface area contributed by atoms with Crippen molar-refractivity contribution in [2.45, 2.75) is 43.5 Å². The summed E-state index contributed by atoms with van der Waals surface area (Å²) in [5.41, 5.74) is 2.21. The summed E-state index contributed by atoms with van der Waals surface area (Å²) >= 11 is 0. The van der Waals surface area contributed by atoms with Crippen molar-refractivity contribution in [1.29, 1.82) is 0 Å². The minimum Gasteiger partial charge on any atom is -0.325 e. The van der Waals surface area contributed by atoms with E-state index in [1.165, 1.54) is 6.20 Å². The zero-order valence-corrected chi connectivity index (χ0v) is 17.0. The summed E-state index contributed by atoms with van der Waals surface area (Å²) in [6, 6.07) is 8.33. The molecule has 1 saturated carbocycles. The van der Waals surface area contributed by atoms with E-state index in [4.69, 9.17) is 0 Å². The van der Waals surface area contributed by atoms with Gasteiger partial charge >= 0.3 is 0 Å². The molecule has 4 rings (SSSR count). The van der Waals surface area contributed by atoms with Crippen molar-refractivity contribution in [3.05, 3.63) is 48.3 Å². The Bertz CT molecular complexity index is 1050. The second kappa shape index (κ2) is 7.59. The number of benzene rings is 1. The number of rotatable bonds is 6. The fraction of sp³-hybridized carbons (Fsp3) is 0.381. The maximum atomic E-state index is 12.7. The zero-order valence-electron chi connectivity index (χ0n) is 16.2. The van der Waals surface area contributed by atoms with Crippen LogP contribution in [0.1, 0.15) is 31.7 Å². The molecule has 2 heterocycles. The van der Waals surface area contributed by atoms with Crippen LogP contribution in [0.2, 0.25) is 0 Å². The molecule has 29 heavy (non-hydrogen) atoms. The molecule has 1 aromatic heterocycles. The van der Waals surface area contributed by atoms with Crippen molar-refractivity contribution >= 4 is 33.0 Å². The van der Waals surface area contributed by atoms with Crippen LogP contribution in [0.15, 0.2) is 47.6 Å². The third-order valence-corrected chi connectivity index (χ3v) is 7.05. The lowest BCUT2D eigenvalue weighted by Gasteiger charge is -2.22. The van der Waals surface area contributed by atoms with E-state index >= 15 is 0 Å². The van der Waals surface area contributed by atoms with Gasteiger partial charge in [-0.05, 0) is 62.1 Å². The summed E-state index contributed by atoms with van der Waals surface area (Å²) in [7, 11) is -3.61. The Hall–Kier alpha value is -2.74. The molecule has 152 valence electrons. The summed E-state index contributed by atoms with van der Waals surface area (Å²) < 4.78 is 25.5. The Balaban J connectivity index is 1.45. The van der Waals surface area contributed by atoms with Crippen LogP contribution in [0.25, 0.3) is 0 Å². The molecule has 0 radical (unpaired) electrons. The van der Waals surface area contributed by atoms with Crippen LogP contribution in [0.5, 0.6) is 0 Å². The molecule has 1 aliphatic heterocycles. The van der Waals surface area contributed by atoms with Gasteiger partial charge in [0.25, 0.3) is 0 Å². The Morgan fingerprint density at radius 2 is 2.03 bits per heavy atom. The topological polar surface area (TPSA) is 96.4 Å². The summed E-state index contributed by atoms with van der Waals surface area (Å²) in [5.74, 6) is -0.403. The summed E-state index contributed by atoms with van der Waals surface area (Å²) in [6.07, 6.45) is 5.46. The van der Waals surface area contributed by atoms with Crippen molar-refractivity contribution < 1.29 is 18.0 Å². The Labute approximate surface area is 170 Å². The van der Waals surface area contributed by atoms with E-state index in [2.05, 4.69) is 10.3 Å². The van der Waals surface area contributed by atoms with Gasteiger partial charge in [-0.15, -0.1) is 0 Å². The molecule has 2 amide bonds. The first-order valence-electron chi connectivity index (χ1n) is 9.74. The van der Waals surface area contributed by atoms with Crippen molar-refractivity contribution in [2.24, 2.45) is 5.92 Å². The van der Waals surface area contributed by atoms with E-state index in [0.29, 0.717) is 12.1 Å². The first-order valence-corrected chi connectivity index (χ1v) is 11.4. The van der Waals surface area contributed by atoms with Crippen molar-refractivity contribution in [1.82, 2.24) is 4.98 Å². The zero-order chi connectivity index (χ0) is 20.6. The quantitative estimate of drug-likeness (QED) is 0.785. The maximum Gasteiger partial charge on any atom is 0.230 e. The van der Waals surface area contributed by atoms with E-state index in [1.807, 2.05) is 11.8 Å². The highest BCUT2D eigenvalue weighted by Gasteiger charge is 2.39. The molecule has 1 unspecified atom stereocenters. The third kappa shape index (κ3) is 4.17. The van der Waals surface area contributed by atoms with Crippen LogP contribution < -0.4 is 10.2 Å². The minimum absolute atomic E-state index is 0.0290. The van der Waals surface area contributed by atoms with Crippen LogP contribution in [-0.4, -0.2) is 37.0 Å². The van der Waals surface area contributed by atoms with Crippen molar-refractivity contribution in [3.8, 4) is 0 Å². The Morgan fingerprint density at radius 3 is 2.72 bits per heavy atom. The molecule has 0 spiro atoms. The van der Waals surface area contributed by atoms with E-state index in [-0.39, 0.29) is 40.8 Å². The number of pyridine rings is 1. The number of anilines is 2. The number of amides is 2. The molecular weight excluding hydrogens is 390 g/mol. The predicted molar refractivity (Wildman–Crippen MR) is 109 cm³/mol. The van der Waals surface area contributed by atoms with Gasteiger partial charge < -0.3 is 10.2 Å². The molecule has 1 aliphatic carbocycles. The number of nitrogens with one attached hydrogen (secondary N) is 1. The Morgan fingerprint density at radius 1 is 1.24 bits per heavy atom. The number of aromatic nitrogens is 1. The first kappa shape index (κ1) is 19.6. The van der Waals surface area contributed by atoms with Crippen LogP contribution in [0.3, 0.4) is 0 Å². The van der Waals surface area contributed by atoms with E-state index in [9.17, 15) is 18.0 Å². The number of carbonyl (C=O) groups is 2. The van der Waals surface area contributed by atoms with Crippen LogP contribution in [0.4, 0.5) is 11.4 Å². The van der Waals surface area contributed by atoms with Crippen molar-refractivity contribution in [3.63, 3.8) is 0 Å². The number of hydrogen-bond acceptors (Lipinski definition) is 5. The molecular formula is C21H23N3O4S. The average molecular weight is 413 g/mol. The predicted octanol–water partition coefficient (Wildman–Crippen LogP) is 2.57. The highest BCUT2D eigenvalue weighted by molar-refractivity contribution is 7.91. The summed E-state index contributed by atoms with van der Waals surface area (Å²) in [4.78, 5) is 30.5. The number of fused-ring (bicyclic) bond motifs is 1. The summed E-state index contributed by atoms with van der Waals surface area (Å²) in [5, 5.41) is 2.64. The molecule has 1 atom stereocenters. The minimum atomic E-state index is -3.61. The smallest absolute Gasteiger partial charge is 0.230 e. The lowest BCUT2D eigenvalue weighted by molar-refractivity contribution is -0.120. The molecule has 0 bridgehead atoms. The molecule has 1 fully saturated rings. The second-order valence-corrected chi connectivity index (χ2v) is 9.79. The number of hydrogen-bond donors (Lipinski definition) is 1. The van der Waals surface area contributed by atoms with Gasteiger partial charge in [0.15, 0.2) is 9.84 Å². The lowest BCUT2D eigenvalue weighted by Crippen LogP contribution is -2.36. The first-order chi connectivity index (χ1) is 13.8. The van der Waals surface area contributed by atoms with Crippen LogP contribution >= 0.6 is 0 Å². The maximum absolute atomic E-state index is 12.7. The number of nitrogens with zero attached hydrogens (tertiary/aromatic N) is 2. The van der Waals surface area contributed by atoms with E-state index in [0.717, 1.165) is 24.1 Å². The molecule has 1 aromatic carbocycles. The van der Waals surface area contributed by atoms with Gasteiger partial charge in [-0.2, -0.15) is 0 Å². The average Bonchev–Trinajstić information content (AvgIpc) is 3.49. The SMILES string of the molecule is CC1Cc2cc(S(=O)(=O)CCC(=O)Nc3cccnc3)ccc2N1C(=O)C1CC1. The standard InChI is InChI=1S/C21H23N3O4S/c1-14-11-16-12-18(6-7-19(16)24(14)21(26)15-4-5-15)29(27,28)10-8-20(25)23-17-3-2-9-22-13-17/h2-3,6-7,9,12-15H,4-5,8,10-11H2,1H3,(H,23,25). The molecule has 2 aliphatic rings. The van der Waals surface area contributed by atoms with Gasteiger partial charge in [-0.3, -0.25) is 14.6 Å². The van der Waals surface area contributed by atoms with Gasteiger partial charge in [0.1, 0.15) is 0 Å². The van der Waals surface area contributed by atoms with Crippen LogP contribution in [-0.2, 0) is 25.8 Å². The molecule has 1 N–H and O–H groups in total. The molecule has 2 aromatic rings. The van der Waals surface area contributed by atoms with Crippen molar-refractivity contribution in [2.75, 3.05) is 16.0 Å². The van der Waals surface area contributed by atoms with Gasteiger partial charge in [0.2, 0.25) is 11.8 Å². The molecule has 0 saturated heterocycles. The second-order valence-electron chi connectivity index (χ2n) is 7.68. The highest BCUT2D eigenvalue weighted by Crippen LogP contribution is 2.39. The molecule has 7 nitrogen and oxygen atoms in total. The number of sulfone groups is 1. The van der Waals surface area contributed by atoms with E-state index < -0.39 is 9.84 Å². The largest absolute Gasteiger partial charge is 0.325 e. The fourth-order valence-electron chi connectivity index (χ4n) is 3.67. The van der Waals surface area contributed by atoms with Gasteiger partial charge in [-0.1, -0.05) is 0 Å². The van der Waals surface area contributed by atoms with Gasteiger partial charge in [0.05, 0.1) is 22.5 Å². The fourth-order valence-corrected chi connectivity index (χ4v) is 4.96. The van der Waals surface area contributed by atoms with E-state index in [1.54, 1.807) is 36.5 Å². The van der Waals surface area contributed by atoms with Crippen LogP contribution in [0, 0.1) is 5.92 Å². The summed E-state index contributed by atoms with van der Waals surface area (Å²) in [6.45, 7) is 1.98. The van der Waals surface area contributed by atoms with Gasteiger partial charge in [0, 0.05) is 30.3 Å². The Kier molecular flexibility index (Phi) is 5.12. The molecule has 8 heteroatoms.